The number of aryl methyl sites for hydroxylation is 1. The first-order valence-corrected chi connectivity index (χ1v) is 9.40. The molecule has 9 nitrogen and oxygen atoms in total. The van der Waals surface area contributed by atoms with E-state index in [9.17, 15) is 14.4 Å². The molecule has 0 N–H and O–H groups in total. The molecule has 0 spiro atoms. The molecule has 0 radical (unpaired) electrons. The average Bonchev–Trinajstić information content (AvgIpc) is 2.70. The van der Waals surface area contributed by atoms with Crippen molar-refractivity contribution in [2.75, 3.05) is 32.7 Å². The standard InChI is InChI=1S/C18H25N5O4/c1-3-13-10-19-17(20-11-13)27-14-6-5-7-22(12-14)18(26)23-9-8-21(4-2)15(24)16(23)25/h10-11,14H,3-9,12H2,1-2H3. The van der Waals surface area contributed by atoms with E-state index < -0.39 is 17.8 Å². The Bertz CT molecular complexity index is 708. The summed E-state index contributed by atoms with van der Waals surface area (Å²) in [5.41, 5.74) is 1.03. The van der Waals surface area contributed by atoms with Gasteiger partial charge in [-0.1, -0.05) is 6.92 Å². The molecule has 9 heteroatoms. The third-order valence-electron chi connectivity index (χ3n) is 4.93. The number of piperazine rings is 1. The summed E-state index contributed by atoms with van der Waals surface area (Å²) in [5.74, 6) is -1.37. The van der Waals surface area contributed by atoms with Gasteiger partial charge in [-0.3, -0.25) is 14.5 Å². The summed E-state index contributed by atoms with van der Waals surface area (Å²) in [5, 5.41) is 0. The molecule has 146 valence electrons. The second-order valence-corrected chi connectivity index (χ2v) is 6.68. The van der Waals surface area contributed by atoms with Gasteiger partial charge in [-0.15, -0.1) is 0 Å². The zero-order chi connectivity index (χ0) is 19.4. The fourth-order valence-corrected chi connectivity index (χ4v) is 3.27. The van der Waals surface area contributed by atoms with Crippen LogP contribution < -0.4 is 4.74 Å². The van der Waals surface area contributed by atoms with Crippen molar-refractivity contribution in [1.29, 1.82) is 0 Å². The quantitative estimate of drug-likeness (QED) is 0.719. The first-order valence-electron chi connectivity index (χ1n) is 9.40. The van der Waals surface area contributed by atoms with E-state index in [2.05, 4.69) is 9.97 Å². The molecular formula is C18H25N5O4. The normalized spacial score (nSPS) is 20.8. The number of carbonyl (C=O) groups excluding carboxylic acids is 3. The van der Waals surface area contributed by atoms with Crippen LogP contribution in [-0.4, -0.2) is 81.3 Å². The van der Waals surface area contributed by atoms with Crippen LogP contribution in [0, 0.1) is 0 Å². The van der Waals surface area contributed by atoms with Gasteiger partial charge in [0.25, 0.3) is 0 Å². The molecule has 2 aliphatic heterocycles. The number of urea groups is 1. The summed E-state index contributed by atoms with van der Waals surface area (Å²) in [6.45, 7) is 5.76. The maximum Gasteiger partial charge on any atom is 0.327 e. The molecule has 0 aromatic carbocycles. The number of hydrogen-bond donors (Lipinski definition) is 0. The largest absolute Gasteiger partial charge is 0.458 e. The highest BCUT2D eigenvalue weighted by Crippen LogP contribution is 2.18. The van der Waals surface area contributed by atoms with Crippen molar-refractivity contribution in [2.45, 2.75) is 39.2 Å². The zero-order valence-electron chi connectivity index (χ0n) is 15.8. The summed E-state index contributed by atoms with van der Waals surface area (Å²) >= 11 is 0. The molecule has 1 aromatic heterocycles. The number of hydrogen-bond acceptors (Lipinski definition) is 6. The van der Waals surface area contributed by atoms with Crippen LogP contribution in [0.15, 0.2) is 12.4 Å². The number of piperidine rings is 1. The van der Waals surface area contributed by atoms with Crippen molar-refractivity contribution in [1.82, 2.24) is 24.7 Å². The van der Waals surface area contributed by atoms with Crippen molar-refractivity contribution in [2.24, 2.45) is 0 Å². The Labute approximate surface area is 158 Å². The van der Waals surface area contributed by atoms with Crippen molar-refractivity contribution in [3.05, 3.63) is 18.0 Å². The minimum absolute atomic E-state index is 0.223. The lowest BCUT2D eigenvalue weighted by Gasteiger charge is -2.38. The average molecular weight is 375 g/mol. The molecule has 1 atom stereocenters. The lowest BCUT2D eigenvalue weighted by atomic mass is 10.1. The number of imide groups is 1. The molecule has 27 heavy (non-hydrogen) atoms. The number of aromatic nitrogens is 2. The molecule has 3 heterocycles. The summed E-state index contributed by atoms with van der Waals surface area (Å²) in [7, 11) is 0. The summed E-state index contributed by atoms with van der Waals surface area (Å²) in [6, 6.07) is -0.144. The Hall–Kier alpha value is -2.71. The molecule has 2 aliphatic rings. The van der Waals surface area contributed by atoms with Gasteiger partial charge in [-0.05, 0) is 31.7 Å². The first-order chi connectivity index (χ1) is 13.0. The molecule has 0 aliphatic carbocycles. The Morgan fingerprint density at radius 1 is 1.15 bits per heavy atom. The lowest BCUT2D eigenvalue weighted by Crippen LogP contribution is -2.60. The van der Waals surface area contributed by atoms with E-state index in [1.54, 1.807) is 17.3 Å². The third kappa shape index (κ3) is 4.17. The molecule has 0 saturated carbocycles. The maximum atomic E-state index is 12.8. The van der Waals surface area contributed by atoms with Gasteiger partial charge < -0.3 is 14.5 Å². The summed E-state index contributed by atoms with van der Waals surface area (Å²) in [6.07, 6.45) is 5.60. The van der Waals surface area contributed by atoms with Gasteiger partial charge in [0.1, 0.15) is 6.10 Å². The van der Waals surface area contributed by atoms with Crippen molar-refractivity contribution in [3.8, 4) is 6.01 Å². The highest BCUT2D eigenvalue weighted by molar-refractivity contribution is 6.38. The van der Waals surface area contributed by atoms with Gasteiger partial charge in [0.05, 0.1) is 6.54 Å². The van der Waals surface area contributed by atoms with E-state index in [4.69, 9.17) is 4.74 Å². The van der Waals surface area contributed by atoms with Crippen LogP contribution in [0.1, 0.15) is 32.3 Å². The number of likely N-dealkylation sites (N-methyl/N-ethyl adjacent to an activating group) is 1. The van der Waals surface area contributed by atoms with E-state index >= 15 is 0 Å². The summed E-state index contributed by atoms with van der Waals surface area (Å²) in [4.78, 5) is 49.5. The SMILES string of the molecule is CCc1cnc(OC2CCCN(C(=O)N3CCN(CC)C(=O)C3=O)C2)nc1. The number of amides is 4. The van der Waals surface area contributed by atoms with Gasteiger partial charge in [-0.2, -0.15) is 0 Å². The molecule has 3 rings (SSSR count). The van der Waals surface area contributed by atoms with Crippen LogP contribution in [0.25, 0.3) is 0 Å². The lowest BCUT2D eigenvalue weighted by molar-refractivity contribution is -0.154. The minimum Gasteiger partial charge on any atom is -0.458 e. The van der Waals surface area contributed by atoms with Crippen molar-refractivity contribution >= 4 is 17.8 Å². The van der Waals surface area contributed by atoms with Crippen LogP contribution in [0.2, 0.25) is 0 Å². The Morgan fingerprint density at radius 3 is 2.56 bits per heavy atom. The highest BCUT2D eigenvalue weighted by Gasteiger charge is 2.38. The van der Waals surface area contributed by atoms with Gasteiger partial charge in [0.15, 0.2) is 0 Å². The number of rotatable bonds is 4. The molecule has 4 amide bonds. The Morgan fingerprint density at radius 2 is 1.89 bits per heavy atom. The van der Waals surface area contributed by atoms with Crippen LogP contribution in [0.3, 0.4) is 0 Å². The zero-order valence-corrected chi connectivity index (χ0v) is 15.8. The molecule has 1 unspecified atom stereocenters. The molecule has 1 aromatic rings. The molecule has 2 saturated heterocycles. The fourth-order valence-electron chi connectivity index (χ4n) is 3.27. The number of nitrogens with zero attached hydrogens (tertiary/aromatic N) is 5. The molecule has 2 fully saturated rings. The van der Waals surface area contributed by atoms with Crippen LogP contribution >= 0.6 is 0 Å². The Balaban J connectivity index is 1.60. The minimum atomic E-state index is -0.755. The van der Waals surface area contributed by atoms with Gasteiger partial charge >= 0.3 is 23.9 Å². The van der Waals surface area contributed by atoms with Gasteiger partial charge in [-0.25, -0.2) is 14.8 Å². The fraction of sp³-hybridized carbons (Fsp3) is 0.611. The van der Waals surface area contributed by atoms with Crippen LogP contribution in [0.5, 0.6) is 6.01 Å². The Kier molecular flexibility index (Phi) is 5.88. The smallest absolute Gasteiger partial charge is 0.327 e. The third-order valence-corrected chi connectivity index (χ3v) is 4.93. The van der Waals surface area contributed by atoms with E-state index in [0.717, 1.165) is 29.7 Å². The van der Waals surface area contributed by atoms with Crippen LogP contribution in [0.4, 0.5) is 4.79 Å². The maximum absolute atomic E-state index is 12.8. The molecule has 0 bridgehead atoms. The topological polar surface area (TPSA) is 95.9 Å². The number of likely N-dealkylation sites (tertiary alicyclic amines) is 1. The second-order valence-electron chi connectivity index (χ2n) is 6.68. The number of carbonyl (C=O) groups is 3. The highest BCUT2D eigenvalue weighted by atomic mass is 16.5. The predicted octanol–water partition coefficient (Wildman–Crippen LogP) is 0.693. The predicted molar refractivity (Wildman–Crippen MR) is 96.0 cm³/mol. The van der Waals surface area contributed by atoms with E-state index in [0.29, 0.717) is 26.2 Å². The van der Waals surface area contributed by atoms with Gasteiger partial charge in [0.2, 0.25) is 0 Å². The van der Waals surface area contributed by atoms with E-state index in [1.165, 1.54) is 4.90 Å². The van der Waals surface area contributed by atoms with Crippen molar-refractivity contribution < 1.29 is 19.1 Å². The van der Waals surface area contributed by atoms with E-state index in [1.807, 2.05) is 13.8 Å². The molecular weight excluding hydrogens is 350 g/mol. The first kappa shape index (κ1) is 19.1. The van der Waals surface area contributed by atoms with Crippen LogP contribution in [-0.2, 0) is 16.0 Å². The second kappa shape index (κ2) is 8.32. The van der Waals surface area contributed by atoms with E-state index in [-0.39, 0.29) is 18.7 Å². The number of ether oxygens (including phenoxy) is 1. The van der Waals surface area contributed by atoms with Gasteiger partial charge in [0, 0.05) is 38.6 Å². The monoisotopic (exact) mass is 375 g/mol. The summed E-state index contributed by atoms with van der Waals surface area (Å²) < 4.78 is 5.81. The van der Waals surface area contributed by atoms with Crippen molar-refractivity contribution in [3.63, 3.8) is 0 Å².